The summed E-state index contributed by atoms with van der Waals surface area (Å²) in [5.41, 5.74) is 1.68. The number of para-hydroxylation sites is 1. The monoisotopic (exact) mass is 266 g/mol. The average molecular weight is 267 g/mol. The summed E-state index contributed by atoms with van der Waals surface area (Å²) in [7, 11) is 1.61. The molecule has 0 aliphatic carbocycles. The van der Waals surface area contributed by atoms with Gasteiger partial charge in [-0.2, -0.15) is 0 Å². The van der Waals surface area contributed by atoms with Crippen LogP contribution in [-0.4, -0.2) is 12.1 Å². The maximum atomic E-state index is 13.6. The fraction of sp³-hybridized carbons (Fsp3) is 0.154. The van der Waals surface area contributed by atoms with Crippen LogP contribution >= 0.6 is 11.6 Å². The molecule has 94 valence electrons. The standard InChI is InChI=1S/C13H12ClFN2O/c1-18-8-9-4-2-3-5-12(9)17-13-11(15)6-10(14)7-16-13/h2-7H,8H2,1H3,(H,16,17). The third kappa shape index (κ3) is 2.97. The Bertz CT molecular complexity index is 548. The van der Waals surface area contributed by atoms with Crippen molar-refractivity contribution in [2.75, 3.05) is 12.4 Å². The smallest absolute Gasteiger partial charge is 0.167 e. The van der Waals surface area contributed by atoms with Gasteiger partial charge in [0.15, 0.2) is 11.6 Å². The highest BCUT2D eigenvalue weighted by molar-refractivity contribution is 6.30. The van der Waals surface area contributed by atoms with Crippen LogP contribution < -0.4 is 5.32 Å². The molecule has 0 saturated carbocycles. The molecule has 1 heterocycles. The second kappa shape index (κ2) is 5.80. The number of halogens is 2. The summed E-state index contributed by atoms with van der Waals surface area (Å²) in [6, 6.07) is 8.71. The van der Waals surface area contributed by atoms with Gasteiger partial charge in [-0.15, -0.1) is 0 Å². The van der Waals surface area contributed by atoms with Crippen LogP contribution in [0.3, 0.4) is 0 Å². The van der Waals surface area contributed by atoms with Crippen LogP contribution in [0.4, 0.5) is 15.9 Å². The van der Waals surface area contributed by atoms with Crippen LogP contribution in [-0.2, 0) is 11.3 Å². The molecule has 3 nitrogen and oxygen atoms in total. The van der Waals surface area contributed by atoms with Crippen LogP contribution in [0.5, 0.6) is 0 Å². The quantitative estimate of drug-likeness (QED) is 0.915. The minimum Gasteiger partial charge on any atom is -0.380 e. The van der Waals surface area contributed by atoms with Crippen molar-refractivity contribution in [3.63, 3.8) is 0 Å². The Morgan fingerprint density at radius 2 is 2.17 bits per heavy atom. The van der Waals surface area contributed by atoms with E-state index in [4.69, 9.17) is 16.3 Å². The van der Waals surface area contributed by atoms with Crippen molar-refractivity contribution in [1.82, 2.24) is 4.98 Å². The molecular weight excluding hydrogens is 255 g/mol. The van der Waals surface area contributed by atoms with Gasteiger partial charge in [-0.05, 0) is 12.1 Å². The molecule has 2 aromatic rings. The van der Waals surface area contributed by atoms with E-state index in [2.05, 4.69) is 10.3 Å². The van der Waals surface area contributed by atoms with Crippen molar-refractivity contribution in [3.8, 4) is 0 Å². The number of anilines is 2. The molecule has 1 N–H and O–H groups in total. The van der Waals surface area contributed by atoms with E-state index in [1.807, 2.05) is 24.3 Å². The second-order valence-electron chi connectivity index (χ2n) is 3.70. The number of rotatable bonds is 4. The van der Waals surface area contributed by atoms with E-state index in [-0.39, 0.29) is 10.8 Å². The molecule has 0 fully saturated rings. The van der Waals surface area contributed by atoms with Gasteiger partial charge in [0, 0.05) is 24.6 Å². The summed E-state index contributed by atoms with van der Waals surface area (Å²) in [6.45, 7) is 0.443. The van der Waals surface area contributed by atoms with Crippen molar-refractivity contribution < 1.29 is 9.13 Å². The van der Waals surface area contributed by atoms with Gasteiger partial charge >= 0.3 is 0 Å². The number of methoxy groups -OCH3 is 1. The third-order valence-electron chi connectivity index (χ3n) is 2.38. The zero-order valence-electron chi connectivity index (χ0n) is 9.78. The summed E-state index contributed by atoms with van der Waals surface area (Å²) < 4.78 is 18.7. The largest absolute Gasteiger partial charge is 0.380 e. The maximum absolute atomic E-state index is 13.6. The normalized spacial score (nSPS) is 10.4. The van der Waals surface area contributed by atoms with Gasteiger partial charge < -0.3 is 10.1 Å². The molecule has 1 aromatic carbocycles. The van der Waals surface area contributed by atoms with E-state index in [1.54, 1.807) is 7.11 Å². The van der Waals surface area contributed by atoms with Crippen molar-refractivity contribution in [2.45, 2.75) is 6.61 Å². The van der Waals surface area contributed by atoms with E-state index in [9.17, 15) is 4.39 Å². The van der Waals surface area contributed by atoms with Gasteiger partial charge in [0.05, 0.1) is 11.6 Å². The number of aromatic nitrogens is 1. The van der Waals surface area contributed by atoms with E-state index in [0.29, 0.717) is 6.61 Å². The van der Waals surface area contributed by atoms with Gasteiger partial charge in [-0.25, -0.2) is 9.37 Å². The molecule has 18 heavy (non-hydrogen) atoms. The van der Waals surface area contributed by atoms with Crippen LogP contribution in [0.15, 0.2) is 36.5 Å². The Labute approximate surface area is 110 Å². The number of hydrogen-bond acceptors (Lipinski definition) is 3. The predicted molar refractivity (Wildman–Crippen MR) is 69.6 cm³/mol. The number of nitrogens with one attached hydrogen (secondary N) is 1. The maximum Gasteiger partial charge on any atom is 0.167 e. The highest BCUT2D eigenvalue weighted by Gasteiger charge is 2.07. The van der Waals surface area contributed by atoms with Crippen molar-refractivity contribution in [1.29, 1.82) is 0 Å². The van der Waals surface area contributed by atoms with Gasteiger partial charge in [0.25, 0.3) is 0 Å². The van der Waals surface area contributed by atoms with E-state index < -0.39 is 5.82 Å². The van der Waals surface area contributed by atoms with E-state index >= 15 is 0 Å². The third-order valence-corrected chi connectivity index (χ3v) is 2.58. The van der Waals surface area contributed by atoms with Gasteiger partial charge in [-0.1, -0.05) is 29.8 Å². The molecule has 2 rings (SSSR count). The first-order chi connectivity index (χ1) is 8.70. The Morgan fingerprint density at radius 3 is 2.89 bits per heavy atom. The molecule has 0 aliphatic rings. The number of nitrogens with zero attached hydrogens (tertiary/aromatic N) is 1. The molecule has 0 radical (unpaired) electrons. The number of pyridine rings is 1. The summed E-state index contributed by atoms with van der Waals surface area (Å²) >= 11 is 5.65. The molecule has 0 amide bonds. The lowest BCUT2D eigenvalue weighted by Gasteiger charge is -2.11. The zero-order valence-corrected chi connectivity index (χ0v) is 10.5. The minimum absolute atomic E-state index is 0.142. The summed E-state index contributed by atoms with van der Waals surface area (Å²) in [5.74, 6) is -0.349. The molecule has 0 bridgehead atoms. The highest BCUT2D eigenvalue weighted by atomic mass is 35.5. The first kappa shape index (κ1) is 12.8. The van der Waals surface area contributed by atoms with E-state index in [0.717, 1.165) is 11.3 Å². The second-order valence-corrected chi connectivity index (χ2v) is 4.14. The number of hydrogen-bond donors (Lipinski definition) is 1. The van der Waals surface area contributed by atoms with Gasteiger partial charge in [0.1, 0.15) is 0 Å². The number of benzene rings is 1. The summed E-state index contributed by atoms with van der Waals surface area (Å²) in [6.07, 6.45) is 1.39. The molecular formula is C13H12ClFN2O. The summed E-state index contributed by atoms with van der Waals surface area (Å²) in [5, 5.41) is 3.19. The Hall–Kier alpha value is -1.65. The number of ether oxygens (including phenoxy) is 1. The van der Waals surface area contributed by atoms with Crippen molar-refractivity contribution in [3.05, 3.63) is 52.9 Å². The molecule has 0 aliphatic heterocycles. The van der Waals surface area contributed by atoms with Crippen LogP contribution in [0, 0.1) is 5.82 Å². The lowest BCUT2D eigenvalue weighted by molar-refractivity contribution is 0.185. The van der Waals surface area contributed by atoms with Gasteiger partial charge in [-0.3, -0.25) is 0 Å². The molecule has 1 aromatic heterocycles. The Morgan fingerprint density at radius 1 is 1.39 bits per heavy atom. The molecule has 0 spiro atoms. The molecule has 0 atom stereocenters. The van der Waals surface area contributed by atoms with Crippen molar-refractivity contribution >= 4 is 23.1 Å². The van der Waals surface area contributed by atoms with E-state index in [1.165, 1.54) is 12.3 Å². The molecule has 0 saturated heterocycles. The van der Waals surface area contributed by atoms with Crippen molar-refractivity contribution in [2.24, 2.45) is 0 Å². The lowest BCUT2D eigenvalue weighted by atomic mass is 10.2. The minimum atomic E-state index is -0.491. The molecule has 5 heteroatoms. The highest BCUT2D eigenvalue weighted by Crippen LogP contribution is 2.23. The average Bonchev–Trinajstić information content (AvgIpc) is 2.35. The first-order valence-electron chi connectivity index (χ1n) is 5.35. The van der Waals surface area contributed by atoms with Gasteiger partial charge in [0.2, 0.25) is 0 Å². The lowest BCUT2D eigenvalue weighted by Crippen LogP contribution is -2.00. The predicted octanol–water partition coefficient (Wildman–Crippen LogP) is 3.76. The fourth-order valence-electron chi connectivity index (χ4n) is 1.56. The Kier molecular flexibility index (Phi) is 4.12. The summed E-state index contributed by atoms with van der Waals surface area (Å²) in [4.78, 5) is 3.92. The fourth-order valence-corrected chi connectivity index (χ4v) is 1.70. The van der Waals surface area contributed by atoms with Crippen LogP contribution in [0.2, 0.25) is 5.02 Å². The van der Waals surface area contributed by atoms with Crippen LogP contribution in [0.1, 0.15) is 5.56 Å². The zero-order chi connectivity index (χ0) is 13.0. The first-order valence-corrected chi connectivity index (χ1v) is 5.73. The topological polar surface area (TPSA) is 34.1 Å². The van der Waals surface area contributed by atoms with Crippen LogP contribution in [0.25, 0.3) is 0 Å². The Balaban J connectivity index is 2.28. The SMILES string of the molecule is COCc1ccccc1Nc1ncc(Cl)cc1F. The molecule has 0 unspecified atom stereocenters.